The van der Waals surface area contributed by atoms with Crippen molar-refractivity contribution in [3.63, 3.8) is 0 Å². The van der Waals surface area contributed by atoms with Gasteiger partial charge in [-0.1, -0.05) is 11.6 Å². The number of hydrogen-bond donors (Lipinski definition) is 0. The first-order chi connectivity index (χ1) is 6.16. The Morgan fingerprint density at radius 3 is 1.86 bits per heavy atom. The van der Waals surface area contributed by atoms with Gasteiger partial charge in [0.15, 0.2) is 0 Å². The lowest BCUT2D eigenvalue weighted by atomic mass is 10.1. The molecule has 0 heterocycles. The van der Waals surface area contributed by atoms with Crippen LogP contribution in [0.4, 0.5) is 26.3 Å². The maximum atomic E-state index is 12.8. The van der Waals surface area contributed by atoms with E-state index in [0.29, 0.717) is 0 Å². The molecule has 0 aromatic carbocycles. The molecule has 0 aromatic heterocycles. The summed E-state index contributed by atoms with van der Waals surface area (Å²) >= 11 is 8.72. The van der Waals surface area contributed by atoms with Gasteiger partial charge in [0.05, 0.1) is 6.67 Å². The van der Waals surface area contributed by atoms with E-state index >= 15 is 0 Å². The van der Waals surface area contributed by atoms with Crippen molar-refractivity contribution in [1.82, 2.24) is 0 Å². The highest BCUT2D eigenvalue weighted by Crippen LogP contribution is 2.46. The van der Waals surface area contributed by atoms with Crippen LogP contribution in [0.25, 0.3) is 0 Å². The summed E-state index contributed by atoms with van der Waals surface area (Å²) in [7, 11) is 0. The zero-order valence-electron chi connectivity index (χ0n) is 6.44. The second-order valence-corrected chi connectivity index (χ2v) is 3.14. The molecule has 0 amide bonds. The molecule has 8 heteroatoms. The van der Waals surface area contributed by atoms with Crippen LogP contribution in [0.15, 0.2) is 11.1 Å². The largest absolute Gasteiger partial charge is 0.304 e. The first kappa shape index (κ1) is 13.9. The normalized spacial score (nSPS) is 18.9. The maximum absolute atomic E-state index is 12.8. The summed E-state index contributed by atoms with van der Waals surface area (Å²) in [6.07, 6.45) is -1.68. The Kier molecular flexibility index (Phi) is 4.58. The van der Waals surface area contributed by atoms with E-state index in [1.165, 1.54) is 0 Å². The van der Waals surface area contributed by atoms with Gasteiger partial charge in [-0.25, -0.2) is 17.6 Å². The van der Waals surface area contributed by atoms with Gasteiger partial charge < -0.3 is 0 Å². The lowest BCUT2D eigenvalue weighted by Crippen LogP contribution is -2.40. The number of hydrogen-bond acceptors (Lipinski definition) is 0. The van der Waals surface area contributed by atoms with Gasteiger partial charge in [0.1, 0.15) is 0 Å². The van der Waals surface area contributed by atoms with Crippen molar-refractivity contribution in [2.75, 3.05) is 6.67 Å². The van der Waals surface area contributed by atoms with Crippen molar-refractivity contribution < 1.29 is 26.3 Å². The van der Waals surface area contributed by atoms with Gasteiger partial charge in [-0.05, 0) is 11.6 Å². The molecule has 0 radical (unpaired) electrons. The van der Waals surface area contributed by atoms with Crippen LogP contribution in [0.2, 0.25) is 0 Å². The molecular weight excluding hydrogens is 257 g/mol. The van der Waals surface area contributed by atoms with E-state index in [4.69, 9.17) is 0 Å². The molecule has 1 atom stereocenters. The Morgan fingerprint density at radius 2 is 1.57 bits per heavy atom. The van der Waals surface area contributed by atoms with Crippen molar-refractivity contribution in [2.24, 2.45) is 0 Å². The molecule has 0 N–H and O–H groups in total. The topological polar surface area (TPSA) is 0 Å². The molecule has 84 valence electrons. The maximum Gasteiger partial charge on any atom is 0.304 e. The van der Waals surface area contributed by atoms with E-state index in [0.717, 1.165) is 0 Å². The minimum atomic E-state index is -4.58. The molecule has 14 heavy (non-hydrogen) atoms. The number of allylic oxidation sites excluding steroid dienone is 1. The summed E-state index contributed by atoms with van der Waals surface area (Å²) in [5.41, 5.74) is 0. The fraction of sp³-hybridized carbons (Fsp3) is 0.667. The van der Waals surface area contributed by atoms with Gasteiger partial charge in [0.25, 0.3) is 0 Å². The Hall–Kier alpha value is -0.100. The molecular formula is C6H4Cl2F6. The monoisotopic (exact) mass is 260 g/mol. The number of alkyl halides is 5. The van der Waals surface area contributed by atoms with Crippen molar-refractivity contribution in [1.29, 1.82) is 0 Å². The van der Waals surface area contributed by atoms with Crippen LogP contribution in [0.5, 0.6) is 0 Å². The number of halogens is 8. The van der Waals surface area contributed by atoms with Crippen LogP contribution in [-0.4, -0.2) is 17.7 Å². The Morgan fingerprint density at radius 1 is 1.14 bits per heavy atom. The second-order valence-electron chi connectivity index (χ2n) is 2.29. The quantitative estimate of drug-likeness (QED) is 0.524. The summed E-state index contributed by atoms with van der Waals surface area (Å²) in [5.74, 6) is -7.25. The summed E-state index contributed by atoms with van der Waals surface area (Å²) < 4.78 is 73.7. The van der Waals surface area contributed by atoms with Gasteiger partial charge in [0, 0.05) is 6.42 Å². The standard InChI is InChI=1S/C6H4Cl2F6/c7-4(11)3(10)6(8,14)5(12,13)1-2-9/h1-2H2. The van der Waals surface area contributed by atoms with Crippen LogP contribution in [-0.2, 0) is 0 Å². The van der Waals surface area contributed by atoms with E-state index < -0.39 is 35.3 Å². The van der Waals surface area contributed by atoms with Crippen molar-refractivity contribution in [3.8, 4) is 0 Å². The molecule has 0 saturated carbocycles. The van der Waals surface area contributed by atoms with Crippen LogP contribution in [0.1, 0.15) is 6.42 Å². The summed E-state index contributed by atoms with van der Waals surface area (Å²) in [6, 6.07) is 0. The third-order valence-electron chi connectivity index (χ3n) is 1.31. The highest BCUT2D eigenvalue weighted by molar-refractivity contribution is 6.30. The first-order valence-corrected chi connectivity index (χ1v) is 3.95. The molecule has 0 aliphatic heterocycles. The van der Waals surface area contributed by atoms with Crippen molar-refractivity contribution in [2.45, 2.75) is 17.5 Å². The first-order valence-electron chi connectivity index (χ1n) is 3.19. The lowest BCUT2D eigenvalue weighted by molar-refractivity contribution is -0.0955. The molecule has 0 spiro atoms. The molecule has 0 saturated heterocycles. The third-order valence-corrected chi connectivity index (χ3v) is 1.92. The minimum absolute atomic E-state index is 1.64. The average Bonchev–Trinajstić information content (AvgIpc) is 2.02. The Bertz CT molecular complexity index is 232. The zero-order chi connectivity index (χ0) is 11.6. The lowest BCUT2D eigenvalue weighted by Gasteiger charge is -2.25. The molecule has 0 aromatic rings. The SMILES string of the molecule is FCCC(F)(F)C(F)(Cl)C(F)=C(F)Cl. The predicted octanol–water partition coefficient (Wildman–Crippen LogP) is 4.23. The van der Waals surface area contributed by atoms with E-state index in [2.05, 4.69) is 23.2 Å². The highest BCUT2D eigenvalue weighted by Gasteiger charge is 2.58. The molecule has 0 aliphatic rings. The third kappa shape index (κ3) is 2.70. The van der Waals surface area contributed by atoms with Crippen LogP contribution < -0.4 is 0 Å². The fourth-order valence-electron chi connectivity index (χ4n) is 0.555. The summed E-state index contributed by atoms with van der Waals surface area (Å²) in [6.45, 7) is -1.64. The fourth-order valence-corrected chi connectivity index (χ4v) is 0.911. The number of rotatable bonds is 4. The van der Waals surface area contributed by atoms with E-state index in [9.17, 15) is 26.3 Å². The van der Waals surface area contributed by atoms with Crippen LogP contribution in [0, 0.1) is 0 Å². The van der Waals surface area contributed by atoms with Crippen LogP contribution >= 0.6 is 23.2 Å². The van der Waals surface area contributed by atoms with E-state index in [1.807, 2.05) is 0 Å². The van der Waals surface area contributed by atoms with Crippen LogP contribution in [0.3, 0.4) is 0 Å². The Balaban J connectivity index is 5.04. The molecule has 0 fully saturated rings. The Labute approximate surface area is 85.5 Å². The smallest absolute Gasteiger partial charge is 0.251 e. The second kappa shape index (κ2) is 4.61. The van der Waals surface area contributed by atoms with Gasteiger partial charge in [-0.15, -0.1) is 0 Å². The molecule has 0 rings (SSSR count). The van der Waals surface area contributed by atoms with Crippen molar-refractivity contribution in [3.05, 3.63) is 11.1 Å². The summed E-state index contributed by atoms with van der Waals surface area (Å²) in [4.78, 5) is 0. The van der Waals surface area contributed by atoms with E-state index in [1.54, 1.807) is 0 Å². The van der Waals surface area contributed by atoms with Gasteiger partial charge >= 0.3 is 11.1 Å². The van der Waals surface area contributed by atoms with Gasteiger partial charge in [-0.3, -0.25) is 4.39 Å². The molecule has 0 nitrogen and oxygen atoms in total. The molecule has 0 aliphatic carbocycles. The van der Waals surface area contributed by atoms with Gasteiger partial charge in [0.2, 0.25) is 11.1 Å². The van der Waals surface area contributed by atoms with Crippen molar-refractivity contribution >= 4 is 23.2 Å². The average molecular weight is 261 g/mol. The minimum Gasteiger partial charge on any atom is -0.251 e. The highest BCUT2D eigenvalue weighted by atomic mass is 35.5. The van der Waals surface area contributed by atoms with E-state index in [-0.39, 0.29) is 0 Å². The summed E-state index contributed by atoms with van der Waals surface area (Å²) in [5, 5.41) is -6.80. The predicted molar refractivity (Wildman–Crippen MR) is 40.3 cm³/mol. The molecule has 1 unspecified atom stereocenters. The van der Waals surface area contributed by atoms with Gasteiger partial charge in [-0.2, -0.15) is 4.39 Å². The zero-order valence-corrected chi connectivity index (χ0v) is 7.95. The molecule has 0 bridgehead atoms.